The van der Waals surface area contributed by atoms with E-state index in [0.29, 0.717) is 13.2 Å². The molecule has 4 heteroatoms. The molecule has 1 aliphatic heterocycles. The second-order valence-corrected chi connectivity index (χ2v) is 3.44. The number of hydrogen-bond donors (Lipinski definition) is 0. The molecule has 0 bridgehead atoms. The molecule has 0 aromatic rings. The van der Waals surface area contributed by atoms with E-state index in [4.69, 9.17) is 18.9 Å². The Morgan fingerprint density at radius 3 is 2.27 bits per heavy atom. The van der Waals surface area contributed by atoms with Crippen LogP contribution in [0, 0.1) is 0 Å². The van der Waals surface area contributed by atoms with Gasteiger partial charge in [0.25, 0.3) is 0 Å². The van der Waals surface area contributed by atoms with Gasteiger partial charge >= 0.3 is 0 Å². The predicted octanol–water partition coefficient (Wildman–Crippen LogP) is 1.93. The summed E-state index contributed by atoms with van der Waals surface area (Å²) in [5, 5.41) is 0. The minimum absolute atomic E-state index is 0.00565. The number of ether oxygens (including phenoxy) is 4. The molecule has 0 amide bonds. The molecule has 1 rings (SSSR count). The van der Waals surface area contributed by atoms with Crippen molar-refractivity contribution < 1.29 is 18.9 Å². The maximum absolute atomic E-state index is 5.44. The minimum atomic E-state index is -0.0681. The Morgan fingerprint density at radius 2 is 1.73 bits per heavy atom. The fraction of sp³-hybridized carbons (Fsp3) is 1.00. The van der Waals surface area contributed by atoms with E-state index < -0.39 is 0 Å². The second kappa shape index (κ2) is 8.05. The summed E-state index contributed by atoms with van der Waals surface area (Å²) in [7, 11) is 0. The first-order valence-corrected chi connectivity index (χ1v) is 5.83. The first-order valence-electron chi connectivity index (χ1n) is 5.83. The minimum Gasteiger partial charge on any atom is -0.353 e. The van der Waals surface area contributed by atoms with Gasteiger partial charge in [0.15, 0.2) is 12.6 Å². The van der Waals surface area contributed by atoms with Crippen molar-refractivity contribution in [3.05, 3.63) is 0 Å². The molecule has 90 valence electrons. The summed E-state index contributed by atoms with van der Waals surface area (Å²) in [6.07, 6.45) is 2.77. The summed E-state index contributed by atoms with van der Waals surface area (Å²) in [4.78, 5) is 0. The molecule has 1 saturated heterocycles. The highest BCUT2D eigenvalue weighted by Gasteiger charge is 2.16. The SMILES string of the molecule is CCOC(CCCC1OCCO1)OCC. The molecular weight excluding hydrogens is 196 g/mol. The summed E-state index contributed by atoms with van der Waals surface area (Å²) in [5.41, 5.74) is 0. The molecule has 1 fully saturated rings. The van der Waals surface area contributed by atoms with Gasteiger partial charge in [-0.05, 0) is 33.1 Å². The molecule has 0 unspecified atom stereocenters. The van der Waals surface area contributed by atoms with E-state index in [0.717, 1.165) is 32.5 Å². The number of rotatable bonds is 8. The van der Waals surface area contributed by atoms with Gasteiger partial charge in [-0.3, -0.25) is 0 Å². The Kier molecular flexibility index (Phi) is 6.92. The van der Waals surface area contributed by atoms with E-state index in [-0.39, 0.29) is 12.6 Å². The standard InChI is InChI=1S/C11H22O4/c1-3-12-10(13-4-2)6-5-7-11-14-8-9-15-11/h10-11H,3-9H2,1-2H3. The number of hydrogen-bond acceptors (Lipinski definition) is 4. The third kappa shape index (κ3) is 5.47. The molecule has 0 atom stereocenters. The maximum Gasteiger partial charge on any atom is 0.157 e. The van der Waals surface area contributed by atoms with Crippen molar-refractivity contribution in [1.82, 2.24) is 0 Å². The lowest BCUT2D eigenvalue weighted by atomic mass is 10.2. The van der Waals surface area contributed by atoms with Crippen molar-refractivity contribution >= 4 is 0 Å². The van der Waals surface area contributed by atoms with Crippen LogP contribution in [0.2, 0.25) is 0 Å². The molecular formula is C11H22O4. The van der Waals surface area contributed by atoms with E-state index >= 15 is 0 Å². The zero-order valence-corrected chi connectivity index (χ0v) is 9.74. The Labute approximate surface area is 91.8 Å². The molecule has 0 radical (unpaired) electrons. The van der Waals surface area contributed by atoms with Gasteiger partial charge in [0.2, 0.25) is 0 Å². The van der Waals surface area contributed by atoms with Crippen molar-refractivity contribution in [1.29, 1.82) is 0 Å². The van der Waals surface area contributed by atoms with Crippen LogP contribution in [-0.4, -0.2) is 39.0 Å². The van der Waals surface area contributed by atoms with Crippen LogP contribution in [0.1, 0.15) is 33.1 Å². The lowest BCUT2D eigenvalue weighted by Crippen LogP contribution is -2.18. The molecule has 1 aliphatic rings. The van der Waals surface area contributed by atoms with E-state index in [1.807, 2.05) is 13.8 Å². The average Bonchev–Trinajstić information content (AvgIpc) is 2.71. The van der Waals surface area contributed by atoms with Crippen LogP contribution in [0.15, 0.2) is 0 Å². The zero-order chi connectivity index (χ0) is 10.9. The van der Waals surface area contributed by atoms with Gasteiger partial charge in [-0.15, -0.1) is 0 Å². The van der Waals surface area contributed by atoms with Crippen molar-refractivity contribution in [3.63, 3.8) is 0 Å². The fourth-order valence-electron chi connectivity index (χ4n) is 1.61. The van der Waals surface area contributed by atoms with Crippen LogP contribution >= 0.6 is 0 Å². The first-order chi connectivity index (χ1) is 7.36. The zero-order valence-electron chi connectivity index (χ0n) is 9.74. The van der Waals surface area contributed by atoms with Crippen LogP contribution in [0.5, 0.6) is 0 Å². The van der Waals surface area contributed by atoms with Crippen LogP contribution in [0.4, 0.5) is 0 Å². The van der Waals surface area contributed by atoms with Gasteiger partial charge in [-0.2, -0.15) is 0 Å². The highest BCUT2D eigenvalue weighted by molar-refractivity contribution is 4.54. The van der Waals surface area contributed by atoms with E-state index in [1.165, 1.54) is 0 Å². The smallest absolute Gasteiger partial charge is 0.157 e. The highest BCUT2D eigenvalue weighted by Crippen LogP contribution is 2.14. The average molecular weight is 218 g/mol. The predicted molar refractivity (Wildman–Crippen MR) is 56.6 cm³/mol. The fourth-order valence-corrected chi connectivity index (χ4v) is 1.61. The Balaban J connectivity index is 2.04. The van der Waals surface area contributed by atoms with Crippen molar-refractivity contribution in [2.45, 2.75) is 45.7 Å². The summed E-state index contributed by atoms with van der Waals surface area (Å²) in [6.45, 7) is 6.81. The maximum atomic E-state index is 5.44. The van der Waals surface area contributed by atoms with E-state index in [9.17, 15) is 0 Å². The Morgan fingerprint density at radius 1 is 1.13 bits per heavy atom. The van der Waals surface area contributed by atoms with Crippen molar-refractivity contribution in [3.8, 4) is 0 Å². The third-order valence-electron chi connectivity index (χ3n) is 2.28. The molecule has 0 spiro atoms. The van der Waals surface area contributed by atoms with Gasteiger partial charge in [0.1, 0.15) is 0 Å². The van der Waals surface area contributed by atoms with Crippen molar-refractivity contribution in [2.24, 2.45) is 0 Å². The van der Waals surface area contributed by atoms with Gasteiger partial charge in [-0.1, -0.05) is 0 Å². The van der Waals surface area contributed by atoms with E-state index in [1.54, 1.807) is 0 Å². The van der Waals surface area contributed by atoms with Gasteiger partial charge in [-0.25, -0.2) is 0 Å². The quantitative estimate of drug-likeness (QED) is 0.583. The molecule has 1 heterocycles. The molecule has 0 saturated carbocycles. The third-order valence-corrected chi connectivity index (χ3v) is 2.28. The molecule has 4 nitrogen and oxygen atoms in total. The topological polar surface area (TPSA) is 36.9 Å². The summed E-state index contributed by atoms with van der Waals surface area (Å²) >= 11 is 0. The molecule has 0 aromatic heterocycles. The summed E-state index contributed by atoms with van der Waals surface area (Å²) in [6, 6.07) is 0. The van der Waals surface area contributed by atoms with Gasteiger partial charge < -0.3 is 18.9 Å². The summed E-state index contributed by atoms with van der Waals surface area (Å²) < 4.78 is 21.6. The summed E-state index contributed by atoms with van der Waals surface area (Å²) in [5.74, 6) is 0. The molecule has 0 N–H and O–H groups in total. The Hall–Kier alpha value is -0.160. The van der Waals surface area contributed by atoms with Gasteiger partial charge in [0.05, 0.1) is 13.2 Å². The first kappa shape index (κ1) is 12.9. The molecule has 0 aromatic carbocycles. The normalized spacial score (nSPS) is 17.8. The highest BCUT2D eigenvalue weighted by atomic mass is 16.7. The van der Waals surface area contributed by atoms with E-state index in [2.05, 4.69) is 0 Å². The monoisotopic (exact) mass is 218 g/mol. The molecule has 0 aliphatic carbocycles. The van der Waals surface area contributed by atoms with Crippen LogP contribution in [0.3, 0.4) is 0 Å². The Bertz CT molecular complexity index is 140. The van der Waals surface area contributed by atoms with Crippen molar-refractivity contribution in [2.75, 3.05) is 26.4 Å². The van der Waals surface area contributed by atoms with Gasteiger partial charge in [0, 0.05) is 13.2 Å². The lowest BCUT2D eigenvalue weighted by Gasteiger charge is -2.17. The largest absolute Gasteiger partial charge is 0.353 e. The van der Waals surface area contributed by atoms with Crippen LogP contribution in [0.25, 0.3) is 0 Å². The van der Waals surface area contributed by atoms with Crippen LogP contribution in [-0.2, 0) is 18.9 Å². The lowest BCUT2D eigenvalue weighted by molar-refractivity contribution is -0.142. The van der Waals surface area contributed by atoms with Crippen LogP contribution < -0.4 is 0 Å². The second-order valence-electron chi connectivity index (χ2n) is 3.44. The molecule has 15 heavy (non-hydrogen) atoms.